The van der Waals surface area contributed by atoms with Gasteiger partial charge >= 0.3 is 0 Å². The highest BCUT2D eigenvalue weighted by atomic mass is 32.1. The third kappa shape index (κ3) is 3.16. The van der Waals surface area contributed by atoms with Gasteiger partial charge in [0.1, 0.15) is 11.9 Å². The zero-order chi connectivity index (χ0) is 14.7. The van der Waals surface area contributed by atoms with Crippen LogP contribution in [0.3, 0.4) is 0 Å². The third-order valence-electron chi connectivity index (χ3n) is 3.86. The molecule has 0 aromatic carbocycles. The lowest BCUT2D eigenvalue weighted by Gasteiger charge is -2.20. The van der Waals surface area contributed by atoms with Crippen LogP contribution in [0.4, 0.5) is 0 Å². The lowest BCUT2D eigenvalue weighted by atomic mass is 10.2. The maximum atomic E-state index is 12.2. The highest BCUT2D eigenvalue weighted by Crippen LogP contribution is 2.24. The molecule has 1 aliphatic heterocycles. The van der Waals surface area contributed by atoms with Gasteiger partial charge in [-0.25, -0.2) is 4.98 Å². The average Bonchev–Trinajstić information content (AvgIpc) is 3.21. The van der Waals surface area contributed by atoms with Gasteiger partial charge < -0.3 is 9.47 Å². The monoisotopic (exact) mass is 304 g/mol. The van der Waals surface area contributed by atoms with Crippen molar-refractivity contribution in [3.63, 3.8) is 0 Å². The van der Waals surface area contributed by atoms with Gasteiger partial charge in [0.2, 0.25) is 5.91 Å². The van der Waals surface area contributed by atoms with Gasteiger partial charge in [0, 0.05) is 37.4 Å². The lowest BCUT2D eigenvalue weighted by Crippen LogP contribution is -2.38. The number of hydrogen-bond acceptors (Lipinski definition) is 4. The maximum Gasteiger partial charge on any atom is 0.236 e. The quantitative estimate of drug-likeness (QED) is 0.916. The Kier molecular flexibility index (Phi) is 4.36. The standard InChI is InChI=1S/C15H20N4OS/c1-18-9-6-16-15(18)14(12-5-4-10-21-12)17-11-13(20)19-7-2-3-8-19/h4-6,9-10,14,17H,2-3,7-8,11H2,1H3. The summed E-state index contributed by atoms with van der Waals surface area (Å²) in [6.45, 7) is 2.15. The molecule has 21 heavy (non-hydrogen) atoms. The number of nitrogens with zero attached hydrogens (tertiary/aromatic N) is 3. The van der Waals surface area contributed by atoms with E-state index in [1.165, 1.54) is 4.88 Å². The molecule has 6 heteroatoms. The topological polar surface area (TPSA) is 50.2 Å². The maximum absolute atomic E-state index is 12.2. The first-order valence-electron chi connectivity index (χ1n) is 7.27. The largest absolute Gasteiger partial charge is 0.342 e. The molecule has 0 spiro atoms. The van der Waals surface area contributed by atoms with Crippen molar-refractivity contribution >= 4 is 17.2 Å². The van der Waals surface area contributed by atoms with Crippen molar-refractivity contribution in [3.8, 4) is 0 Å². The van der Waals surface area contributed by atoms with E-state index in [0.29, 0.717) is 6.54 Å². The number of aryl methyl sites for hydroxylation is 1. The predicted molar refractivity (Wildman–Crippen MR) is 83.2 cm³/mol. The predicted octanol–water partition coefficient (Wildman–Crippen LogP) is 1.78. The Morgan fingerprint density at radius 3 is 2.90 bits per heavy atom. The molecule has 112 valence electrons. The minimum Gasteiger partial charge on any atom is -0.342 e. The Hall–Kier alpha value is -1.66. The molecule has 5 nitrogen and oxygen atoms in total. The SMILES string of the molecule is Cn1ccnc1C(NCC(=O)N1CCCC1)c1cccs1. The number of hydrogen-bond donors (Lipinski definition) is 1. The number of aromatic nitrogens is 2. The van der Waals surface area contributed by atoms with Crippen molar-refractivity contribution < 1.29 is 4.79 Å². The third-order valence-corrected chi connectivity index (χ3v) is 4.80. The number of amides is 1. The van der Waals surface area contributed by atoms with Crippen molar-refractivity contribution in [1.82, 2.24) is 19.8 Å². The molecule has 0 aliphatic carbocycles. The molecule has 3 rings (SSSR count). The summed E-state index contributed by atoms with van der Waals surface area (Å²) in [7, 11) is 1.98. The molecular formula is C15H20N4OS. The number of likely N-dealkylation sites (tertiary alicyclic amines) is 1. The molecule has 0 saturated carbocycles. The van der Waals surface area contributed by atoms with Crippen LogP contribution in [0.25, 0.3) is 0 Å². The molecule has 0 radical (unpaired) electrons. The van der Waals surface area contributed by atoms with Crippen molar-refractivity contribution in [3.05, 3.63) is 40.6 Å². The lowest BCUT2D eigenvalue weighted by molar-refractivity contribution is -0.129. The second kappa shape index (κ2) is 6.41. The van der Waals surface area contributed by atoms with Crippen LogP contribution in [0, 0.1) is 0 Å². The van der Waals surface area contributed by atoms with Crippen molar-refractivity contribution in [2.45, 2.75) is 18.9 Å². The molecule has 2 aromatic heterocycles. The van der Waals surface area contributed by atoms with Gasteiger partial charge in [-0.1, -0.05) is 6.07 Å². The summed E-state index contributed by atoms with van der Waals surface area (Å²) >= 11 is 1.68. The molecule has 1 saturated heterocycles. The van der Waals surface area contributed by atoms with Crippen LogP contribution >= 0.6 is 11.3 Å². The zero-order valence-electron chi connectivity index (χ0n) is 12.2. The summed E-state index contributed by atoms with van der Waals surface area (Å²) in [4.78, 5) is 19.8. The molecule has 1 fully saturated rings. The van der Waals surface area contributed by atoms with Gasteiger partial charge in [-0.15, -0.1) is 11.3 Å². The van der Waals surface area contributed by atoms with Crippen LogP contribution in [0.15, 0.2) is 29.9 Å². The van der Waals surface area contributed by atoms with Crippen LogP contribution in [-0.4, -0.2) is 40.0 Å². The summed E-state index contributed by atoms with van der Waals surface area (Å²) in [5.41, 5.74) is 0. The van der Waals surface area contributed by atoms with Crippen LogP contribution < -0.4 is 5.32 Å². The summed E-state index contributed by atoms with van der Waals surface area (Å²) < 4.78 is 2.00. The van der Waals surface area contributed by atoms with Gasteiger partial charge in [0.15, 0.2) is 0 Å². The van der Waals surface area contributed by atoms with Crippen molar-refractivity contribution in [2.75, 3.05) is 19.6 Å². The van der Waals surface area contributed by atoms with E-state index in [2.05, 4.69) is 21.7 Å². The number of carbonyl (C=O) groups excluding carboxylic acids is 1. The summed E-state index contributed by atoms with van der Waals surface area (Å²) in [5.74, 6) is 1.12. The Bertz CT molecular complexity index is 587. The Morgan fingerprint density at radius 2 is 2.29 bits per heavy atom. The van der Waals surface area contributed by atoms with Crippen molar-refractivity contribution in [1.29, 1.82) is 0 Å². The van der Waals surface area contributed by atoms with Gasteiger partial charge in [-0.2, -0.15) is 0 Å². The van der Waals surface area contributed by atoms with E-state index < -0.39 is 0 Å². The second-order valence-electron chi connectivity index (χ2n) is 5.31. The van der Waals surface area contributed by atoms with Gasteiger partial charge in [0.25, 0.3) is 0 Å². The molecule has 1 aliphatic rings. The molecule has 1 unspecified atom stereocenters. The highest BCUT2D eigenvalue weighted by Gasteiger charge is 2.22. The molecule has 1 atom stereocenters. The smallest absolute Gasteiger partial charge is 0.236 e. The number of carbonyl (C=O) groups is 1. The Morgan fingerprint density at radius 1 is 1.48 bits per heavy atom. The second-order valence-corrected chi connectivity index (χ2v) is 6.29. The molecule has 2 aromatic rings. The minimum absolute atomic E-state index is 0.0310. The number of imidazole rings is 1. The fourth-order valence-corrected chi connectivity index (χ4v) is 3.49. The number of nitrogens with one attached hydrogen (secondary N) is 1. The normalized spacial score (nSPS) is 16.3. The first-order chi connectivity index (χ1) is 10.3. The van der Waals surface area contributed by atoms with Crippen molar-refractivity contribution in [2.24, 2.45) is 7.05 Å². The van der Waals surface area contributed by atoms with E-state index in [-0.39, 0.29) is 11.9 Å². The summed E-state index contributed by atoms with van der Waals surface area (Å²) in [6.07, 6.45) is 5.97. The highest BCUT2D eigenvalue weighted by molar-refractivity contribution is 7.10. The van der Waals surface area contributed by atoms with Crippen LogP contribution in [-0.2, 0) is 11.8 Å². The molecule has 1 amide bonds. The van der Waals surface area contributed by atoms with Gasteiger partial charge in [-0.05, 0) is 24.3 Å². The fraction of sp³-hybridized carbons (Fsp3) is 0.467. The number of rotatable bonds is 5. The van der Waals surface area contributed by atoms with Gasteiger partial charge in [0.05, 0.1) is 6.54 Å². The summed E-state index contributed by atoms with van der Waals surface area (Å²) in [5, 5.41) is 5.43. The summed E-state index contributed by atoms with van der Waals surface area (Å²) in [6, 6.07) is 4.08. The van der Waals surface area contributed by atoms with E-state index in [0.717, 1.165) is 31.8 Å². The first-order valence-corrected chi connectivity index (χ1v) is 8.15. The molecular weight excluding hydrogens is 284 g/mol. The average molecular weight is 304 g/mol. The van der Waals surface area contributed by atoms with E-state index in [4.69, 9.17) is 0 Å². The zero-order valence-corrected chi connectivity index (χ0v) is 13.0. The minimum atomic E-state index is -0.0310. The Balaban J connectivity index is 1.71. The first kappa shape index (κ1) is 14.3. The van der Waals surface area contributed by atoms with E-state index in [1.807, 2.05) is 28.8 Å². The fourth-order valence-electron chi connectivity index (χ4n) is 2.70. The molecule has 3 heterocycles. The van der Waals surface area contributed by atoms with E-state index in [9.17, 15) is 4.79 Å². The number of thiophene rings is 1. The van der Waals surface area contributed by atoms with Crippen LogP contribution in [0.2, 0.25) is 0 Å². The van der Waals surface area contributed by atoms with Gasteiger partial charge in [-0.3, -0.25) is 10.1 Å². The van der Waals surface area contributed by atoms with Crippen LogP contribution in [0.5, 0.6) is 0 Å². The van der Waals surface area contributed by atoms with E-state index in [1.54, 1.807) is 17.5 Å². The molecule has 0 bridgehead atoms. The van der Waals surface area contributed by atoms with Crippen LogP contribution in [0.1, 0.15) is 29.6 Å². The Labute approximate surface area is 128 Å². The van der Waals surface area contributed by atoms with E-state index >= 15 is 0 Å². The molecule has 1 N–H and O–H groups in total.